The highest BCUT2D eigenvalue weighted by Gasteiger charge is 2.13. The number of aliphatic hydroxyl groups is 1. The summed E-state index contributed by atoms with van der Waals surface area (Å²) in [5.41, 5.74) is 1.05. The molecule has 0 saturated heterocycles. The SMILES string of the molecule is CNc1ncnc(NCCO)c1C(C)C. The molecular weight excluding hydrogens is 192 g/mol. The summed E-state index contributed by atoms with van der Waals surface area (Å²) in [6.07, 6.45) is 1.51. The highest BCUT2D eigenvalue weighted by molar-refractivity contribution is 5.58. The van der Waals surface area contributed by atoms with Crippen LogP contribution in [0.25, 0.3) is 0 Å². The number of hydrogen-bond donors (Lipinski definition) is 3. The smallest absolute Gasteiger partial charge is 0.135 e. The molecule has 1 heterocycles. The van der Waals surface area contributed by atoms with Crippen LogP contribution in [-0.4, -0.2) is 35.3 Å². The standard InChI is InChI=1S/C10H18N4O/c1-7(2)8-9(11-3)13-6-14-10(8)12-4-5-15/h6-7,15H,4-5H2,1-3H3,(H2,11,12,13,14). The van der Waals surface area contributed by atoms with Crippen LogP contribution in [0.1, 0.15) is 25.3 Å². The molecule has 0 aliphatic carbocycles. The van der Waals surface area contributed by atoms with E-state index in [1.807, 2.05) is 7.05 Å². The van der Waals surface area contributed by atoms with Crippen molar-refractivity contribution >= 4 is 11.6 Å². The van der Waals surface area contributed by atoms with Crippen molar-refractivity contribution in [3.8, 4) is 0 Å². The minimum Gasteiger partial charge on any atom is -0.395 e. The van der Waals surface area contributed by atoms with Gasteiger partial charge in [-0.3, -0.25) is 0 Å². The first-order chi connectivity index (χ1) is 7.20. The fourth-order valence-corrected chi connectivity index (χ4v) is 1.46. The van der Waals surface area contributed by atoms with E-state index in [4.69, 9.17) is 5.11 Å². The van der Waals surface area contributed by atoms with Crippen LogP contribution in [0.4, 0.5) is 11.6 Å². The predicted molar refractivity (Wildman–Crippen MR) is 61.2 cm³/mol. The molecule has 84 valence electrons. The first-order valence-electron chi connectivity index (χ1n) is 5.08. The first-order valence-corrected chi connectivity index (χ1v) is 5.08. The number of nitrogens with zero attached hydrogens (tertiary/aromatic N) is 2. The molecule has 1 aromatic rings. The van der Waals surface area contributed by atoms with Gasteiger partial charge < -0.3 is 15.7 Å². The lowest BCUT2D eigenvalue weighted by atomic mass is 10.0. The number of aromatic nitrogens is 2. The van der Waals surface area contributed by atoms with Crippen molar-refractivity contribution in [1.29, 1.82) is 0 Å². The maximum atomic E-state index is 8.76. The van der Waals surface area contributed by atoms with E-state index in [1.165, 1.54) is 6.33 Å². The lowest BCUT2D eigenvalue weighted by Gasteiger charge is -2.15. The zero-order valence-corrected chi connectivity index (χ0v) is 9.41. The van der Waals surface area contributed by atoms with Crippen molar-refractivity contribution in [2.75, 3.05) is 30.8 Å². The molecule has 0 aromatic carbocycles. The summed E-state index contributed by atoms with van der Waals surface area (Å²) in [7, 11) is 1.84. The summed E-state index contributed by atoms with van der Waals surface area (Å²) in [4.78, 5) is 8.34. The Morgan fingerprint density at radius 1 is 1.33 bits per heavy atom. The van der Waals surface area contributed by atoms with Crippen molar-refractivity contribution in [3.05, 3.63) is 11.9 Å². The van der Waals surface area contributed by atoms with Crippen LogP contribution in [0.3, 0.4) is 0 Å². The molecular formula is C10H18N4O. The zero-order chi connectivity index (χ0) is 11.3. The maximum absolute atomic E-state index is 8.76. The molecule has 0 bridgehead atoms. The molecule has 5 nitrogen and oxygen atoms in total. The van der Waals surface area contributed by atoms with Crippen molar-refractivity contribution < 1.29 is 5.11 Å². The van der Waals surface area contributed by atoms with Crippen molar-refractivity contribution in [2.24, 2.45) is 0 Å². The normalized spacial score (nSPS) is 10.5. The quantitative estimate of drug-likeness (QED) is 0.677. The Balaban J connectivity index is 3.02. The largest absolute Gasteiger partial charge is 0.395 e. The third-order valence-electron chi connectivity index (χ3n) is 2.10. The van der Waals surface area contributed by atoms with Crippen molar-refractivity contribution in [2.45, 2.75) is 19.8 Å². The van der Waals surface area contributed by atoms with Crippen LogP contribution >= 0.6 is 0 Å². The summed E-state index contributed by atoms with van der Waals surface area (Å²) in [6.45, 7) is 4.77. The Bertz CT molecular complexity index is 314. The summed E-state index contributed by atoms with van der Waals surface area (Å²) < 4.78 is 0. The van der Waals surface area contributed by atoms with Gasteiger partial charge in [-0.1, -0.05) is 13.8 Å². The highest BCUT2D eigenvalue weighted by Crippen LogP contribution is 2.27. The van der Waals surface area contributed by atoms with Gasteiger partial charge in [0.25, 0.3) is 0 Å². The van der Waals surface area contributed by atoms with Gasteiger partial charge in [0, 0.05) is 19.2 Å². The predicted octanol–water partition coefficient (Wildman–Crippen LogP) is 1.05. The topological polar surface area (TPSA) is 70.1 Å². The van der Waals surface area contributed by atoms with E-state index in [9.17, 15) is 0 Å². The van der Waals surface area contributed by atoms with Gasteiger partial charge in [0.15, 0.2) is 0 Å². The third kappa shape index (κ3) is 2.79. The number of nitrogens with one attached hydrogen (secondary N) is 2. The lowest BCUT2D eigenvalue weighted by Crippen LogP contribution is -2.12. The Morgan fingerprint density at radius 2 is 2.00 bits per heavy atom. The van der Waals surface area contributed by atoms with E-state index in [0.717, 1.165) is 17.2 Å². The molecule has 0 unspecified atom stereocenters. The summed E-state index contributed by atoms with van der Waals surface area (Å²) in [5.74, 6) is 1.95. The van der Waals surface area contributed by atoms with E-state index < -0.39 is 0 Å². The van der Waals surface area contributed by atoms with Gasteiger partial charge in [-0.15, -0.1) is 0 Å². The second-order valence-electron chi connectivity index (χ2n) is 3.54. The molecule has 5 heteroatoms. The molecule has 0 aliphatic heterocycles. The van der Waals surface area contributed by atoms with E-state index in [-0.39, 0.29) is 6.61 Å². The number of rotatable bonds is 5. The van der Waals surface area contributed by atoms with Gasteiger partial charge in [-0.25, -0.2) is 9.97 Å². The van der Waals surface area contributed by atoms with Crippen LogP contribution in [0.2, 0.25) is 0 Å². The van der Waals surface area contributed by atoms with Gasteiger partial charge in [-0.2, -0.15) is 0 Å². The maximum Gasteiger partial charge on any atom is 0.135 e. The minimum absolute atomic E-state index is 0.0937. The monoisotopic (exact) mass is 210 g/mol. The number of anilines is 2. The van der Waals surface area contributed by atoms with Crippen LogP contribution < -0.4 is 10.6 Å². The number of aliphatic hydroxyl groups excluding tert-OH is 1. The molecule has 15 heavy (non-hydrogen) atoms. The van der Waals surface area contributed by atoms with E-state index >= 15 is 0 Å². The molecule has 3 N–H and O–H groups in total. The Morgan fingerprint density at radius 3 is 2.53 bits per heavy atom. The van der Waals surface area contributed by atoms with Gasteiger partial charge in [0.2, 0.25) is 0 Å². The molecule has 0 spiro atoms. The van der Waals surface area contributed by atoms with Crippen molar-refractivity contribution in [1.82, 2.24) is 9.97 Å². The summed E-state index contributed by atoms with van der Waals surface area (Å²) in [6, 6.07) is 0. The minimum atomic E-state index is 0.0937. The molecule has 0 aliphatic rings. The molecule has 0 fully saturated rings. The third-order valence-corrected chi connectivity index (χ3v) is 2.10. The average molecular weight is 210 g/mol. The molecule has 0 radical (unpaired) electrons. The van der Waals surface area contributed by atoms with Crippen LogP contribution in [0, 0.1) is 0 Å². The number of hydrogen-bond acceptors (Lipinski definition) is 5. The van der Waals surface area contributed by atoms with Gasteiger partial charge in [0.1, 0.15) is 18.0 Å². The zero-order valence-electron chi connectivity index (χ0n) is 9.41. The molecule has 1 aromatic heterocycles. The summed E-state index contributed by atoms with van der Waals surface area (Å²) in [5, 5.41) is 14.9. The Kier molecular flexibility index (Phi) is 4.30. The van der Waals surface area contributed by atoms with Crippen molar-refractivity contribution in [3.63, 3.8) is 0 Å². The second-order valence-corrected chi connectivity index (χ2v) is 3.54. The van der Waals surface area contributed by atoms with Crippen LogP contribution in [0.15, 0.2) is 6.33 Å². The molecule has 1 rings (SSSR count). The fourth-order valence-electron chi connectivity index (χ4n) is 1.46. The highest BCUT2D eigenvalue weighted by atomic mass is 16.3. The Hall–Kier alpha value is -1.36. The van der Waals surface area contributed by atoms with E-state index in [2.05, 4.69) is 34.4 Å². The second kappa shape index (κ2) is 5.50. The van der Waals surface area contributed by atoms with E-state index in [0.29, 0.717) is 12.5 Å². The molecule has 0 saturated carbocycles. The Labute approximate surface area is 90.0 Å². The van der Waals surface area contributed by atoms with Gasteiger partial charge in [0.05, 0.1) is 6.61 Å². The van der Waals surface area contributed by atoms with Gasteiger partial charge in [-0.05, 0) is 5.92 Å². The fraction of sp³-hybridized carbons (Fsp3) is 0.600. The average Bonchev–Trinajstić information content (AvgIpc) is 2.25. The van der Waals surface area contributed by atoms with Crippen LogP contribution in [0.5, 0.6) is 0 Å². The van der Waals surface area contributed by atoms with Gasteiger partial charge >= 0.3 is 0 Å². The first kappa shape index (κ1) is 11.7. The molecule has 0 atom stereocenters. The van der Waals surface area contributed by atoms with E-state index in [1.54, 1.807) is 0 Å². The lowest BCUT2D eigenvalue weighted by molar-refractivity contribution is 0.311. The summed E-state index contributed by atoms with van der Waals surface area (Å²) >= 11 is 0. The van der Waals surface area contributed by atoms with Crippen LogP contribution in [-0.2, 0) is 0 Å². The molecule has 0 amide bonds.